The molecule has 0 aliphatic carbocycles. The number of phenolic OH excluding ortho intramolecular Hbond substituents is 1. The fourth-order valence-electron chi connectivity index (χ4n) is 2.40. The van der Waals surface area contributed by atoms with Crippen LogP contribution in [0.4, 0.5) is 0 Å². The van der Waals surface area contributed by atoms with Gasteiger partial charge < -0.3 is 19.9 Å². The molecule has 1 aliphatic rings. The van der Waals surface area contributed by atoms with Crippen LogP contribution in [0, 0.1) is 0 Å². The predicted octanol–water partition coefficient (Wildman–Crippen LogP) is 1.88. The number of rotatable bonds is 3. The number of methoxy groups -OCH3 is 2. The number of nitrogens with one attached hydrogen (secondary N) is 1. The van der Waals surface area contributed by atoms with Crippen molar-refractivity contribution >= 4 is 0 Å². The molecule has 0 saturated carbocycles. The molecule has 17 heavy (non-hydrogen) atoms. The van der Waals surface area contributed by atoms with Crippen LogP contribution in [-0.2, 0) is 0 Å². The van der Waals surface area contributed by atoms with Gasteiger partial charge in [-0.25, -0.2) is 0 Å². The molecule has 1 aromatic carbocycles. The fraction of sp³-hybridized carbons (Fsp3) is 0.538. The summed E-state index contributed by atoms with van der Waals surface area (Å²) in [5.74, 6) is 1.97. The molecule has 0 spiro atoms. The van der Waals surface area contributed by atoms with Crippen LogP contribution >= 0.6 is 0 Å². The van der Waals surface area contributed by atoms with E-state index in [0.717, 1.165) is 31.5 Å². The summed E-state index contributed by atoms with van der Waals surface area (Å²) in [5, 5.41) is 13.4. The van der Waals surface area contributed by atoms with Gasteiger partial charge in [-0.15, -0.1) is 0 Å². The molecule has 1 heterocycles. The molecule has 0 unspecified atom stereocenters. The average molecular weight is 237 g/mol. The van der Waals surface area contributed by atoms with Gasteiger partial charge in [0.1, 0.15) is 17.2 Å². The fourth-order valence-corrected chi connectivity index (χ4v) is 2.40. The van der Waals surface area contributed by atoms with Crippen LogP contribution in [-0.4, -0.2) is 32.4 Å². The van der Waals surface area contributed by atoms with E-state index >= 15 is 0 Å². The van der Waals surface area contributed by atoms with E-state index in [-0.39, 0.29) is 5.75 Å². The second-order valence-electron chi connectivity index (χ2n) is 4.29. The normalized spacial score (nSPS) is 16.8. The van der Waals surface area contributed by atoms with E-state index in [1.807, 2.05) is 6.07 Å². The Morgan fingerprint density at radius 2 is 1.88 bits per heavy atom. The van der Waals surface area contributed by atoms with Gasteiger partial charge in [0.2, 0.25) is 0 Å². The molecule has 1 aliphatic heterocycles. The highest BCUT2D eigenvalue weighted by Gasteiger charge is 2.23. The summed E-state index contributed by atoms with van der Waals surface area (Å²) in [6.45, 7) is 1.97. The molecule has 0 amide bonds. The lowest BCUT2D eigenvalue weighted by molar-refractivity contribution is 0.363. The Bertz CT molecular complexity index is 386. The van der Waals surface area contributed by atoms with Gasteiger partial charge >= 0.3 is 0 Å². The lowest BCUT2D eigenvalue weighted by Crippen LogP contribution is -2.26. The van der Waals surface area contributed by atoms with Crippen LogP contribution in [0.5, 0.6) is 17.2 Å². The first kappa shape index (κ1) is 12.0. The summed E-state index contributed by atoms with van der Waals surface area (Å²) in [6.07, 6.45) is 2.05. The van der Waals surface area contributed by atoms with E-state index in [1.54, 1.807) is 20.3 Å². The molecule has 0 radical (unpaired) electrons. The van der Waals surface area contributed by atoms with Gasteiger partial charge in [0, 0.05) is 17.7 Å². The van der Waals surface area contributed by atoms with Gasteiger partial charge in [0.25, 0.3) is 0 Å². The van der Waals surface area contributed by atoms with Crippen LogP contribution in [0.15, 0.2) is 12.1 Å². The van der Waals surface area contributed by atoms with Crippen LogP contribution in [0.25, 0.3) is 0 Å². The molecule has 1 aromatic rings. The molecule has 1 saturated heterocycles. The van der Waals surface area contributed by atoms with Gasteiger partial charge in [-0.1, -0.05) is 0 Å². The average Bonchev–Trinajstić information content (AvgIpc) is 2.38. The summed E-state index contributed by atoms with van der Waals surface area (Å²) in [6, 6.07) is 3.48. The smallest absolute Gasteiger partial charge is 0.129 e. The number of hydrogen-bond donors (Lipinski definition) is 2. The number of aromatic hydroxyl groups is 1. The highest BCUT2D eigenvalue weighted by atomic mass is 16.5. The maximum atomic E-state index is 10.1. The van der Waals surface area contributed by atoms with Crippen molar-refractivity contribution in [2.24, 2.45) is 0 Å². The minimum atomic E-state index is 0.271. The van der Waals surface area contributed by atoms with Crippen LogP contribution in [0.3, 0.4) is 0 Å². The summed E-state index contributed by atoms with van der Waals surface area (Å²) < 4.78 is 10.5. The highest BCUT2D eigenvalue weighted by Crippen LogP contribution is 2.41. The molecular weight excluding hydrogens is 218 g/mol. The van der Waals surface area contributed by atoms with Gasteiger partial charge in [0.15, 0.2) is 0 Å². The maximum absolute atomic E-state index is 10.1. The molecule has 0 bridgehead atoms. The van der Waals surface area contributed by atoms with Crippen molar-refractivity contribution in [3.8, 4) is 17.2 Å². The number of phenols is 1. The van der Waals surface area contributed by atoms with Crippen LogP contribution in [0.2, 0.25) is 0 Å². The van der Waals surface area contributed by atoms with Crippen molar-refractivity contribution in [1.29, 1.82) is 0 Å². The Balaban J connectivity index is 2.36. The van der Waals surface area contributed by atoms with Crippen molar-refractivity contribution in [3.05, 3.63) is 17.7 Å². The maximum Gasteiger partial charge on any atom is 0.129 e. The standard InChI is InChI=1S/C13H19NO3/c1-16-10-7-11(15)13(12(8-10)17-2)9-3-5-14-6-4-9/h7-9,14-15H,3-6H2,1-2H3. The zero-order valence-corrected chi connectivity index (χ0v) is 10.3. The molecule has 2 N–H and O–H groups in total. The first-order valence-corrected chi connectivity index (χ1v) is 5.92. The van der Waals surface area contributed by atoms with E-state index in [0.29, 0.717) is 17.4 Å². The lowest BCUT2D eigenvalue weighted by Gasteiger charge is -2.25. The second kappa shape index (κ2) is 5.27. The van der Waals surface area contributed by atoms with E-state index in [9.17, 15) is 5.11 Å². The Morgan fingerprint density at radius 3 is 2.47 bits per heavy atom. The van der Waals surface area contributed by atoms with Crippen molar-refractivity contribution in [2.45, 2.75) is 18.8 Å². The summed E-state index contributed by atoms with van der Waals surface area (Å²) >= 11 is 0. The quantitative estimate of drug-likeness (QED) is 0.842. The van der Waals surface area contributed by atoms with Gasteiger partial charge in [-0.3, -0.25) is 0 Å². The van der Waals surface area contributed by atoms with Crippen LogP contribution < -0.4 is 14.8 Å². The molecule has 2 rings (SSSR count). The molecule has 1 fully saturated rings. The highest BCUT2D eigenvalue weighted by molar-refractivity contribution is 5.52. The molecule has 4 nitrogen and oxygen atoms in total. The number of piperidine rings is 1. The molecular formula is C13H19NO3. The summed E-state index contributed by atoms with van der Waals surface area (Å²) in [7, 11) is 3.21. The molecule has 0 aromatic heterocycles. The summed E-state index contributed by atoms with van der Waals surface area (Å²) in [5.41, 5.74) is 0.912. The van der Waals surface area contributed by atoms with E-state index in [2.05, 4.69) is 5.32 Å². The third kappa shape index (κ3) is 2.47. The van der Waals surface area contributed by atoms with Crippen molar-refractivity contribution in [2.75, 3.05) is 27.3 Å². The third-order valence-electron chi connectivity index (χ3n) is 3.30. The molecule has 94 valence electrons. The zero-order valence-electron chi connectivity index (χ0n) is 10.3. The van der Waals surface area contributed by atoms with E-state index in [1.165, 1.54) is 0 Å². The van der Waals surface area contributed by atoms with Gasteiger partial charge in [0.05, 0.1) is 14.2 Å². The predicted molar refractivity (Wildman–Crippen MR) is 66.1 cm³/mol. The first-order chi connectivity index (χ1) is 8.26. The first-order valence-electron chi connectivity index (χ1n) is 5.92. The minimum Gasteiger partial charge on any atom is -0.507 e. The Hall–Kier alpha value is -1.42. The number of ether oxygens (including phenoxy) is 2. The van der Waals surface area contributed by atoms with E-state index < -0.39 is 0 Å². The van der Waals surface area contributed by atoms with Crippen LogP contribution in [0.1, 0.15) is 24.3 Å². The van der Waals surface area contributed by atoms with E-state index in [4.69, 9.17) is 9.47 Å². The van der Waals surface area contributed by atoms with Gasteiger partial charge in [-0.2, -0.15) is 0 Å². The third-order valence-corrected chi connectivity index (χ3v) is 3.30. The monoisotopic (exact) mass is 237 g/mol. The Morgan fingerprint density at radius 1 is 1.18 bits per heavy atom. The lowest BCUT2D eigenvalue weighted by atomic mass is 9.89. The zero-order chi connectivity index (χ0) is 12.3. The van der Waals surface area contributed by atoms with Crippen molar-refractivity contribution < 1.29 is 14.6 Å². The summed E-state index contributed by atoms with van der Waals surface area (Å²) in [4.78, 5) is 0. The Labute approximate surface area is 102 Å². The number of benzene rings is 1. The van der Waals surface area contributed by atoms with Crippen molar-refractivity contribution in [1.82, 2.24) is 5.32 Å². The second-order valence-corrected chi connectivity index (χ2v) is 4.29. The topological polar surface area (TPSA) is 50.7 Å². The molecule has 0 atom stereocenters. The van der Waals surface area contributed by atoms with Gasteiger partial charge in [-0.05, 0) is 31.8 Å². The Kier molecular flexibility index (Phi) is 3.74. The SMILES string of the molecule is COc1cc(O)c(C2CCNCC2)c(OC)c1. The van der Waals surface area contributed by atoms with Crippen molar-refractivity contribution in [3.63, 3.8) is 0 Å². The molecule has 4 heteroatoms. The minimum absolute atomic E-state index is 0.271. The number of hydrogen-bond acceptors (Lipinski definition) is 4. The largest absolute Gasteiger partial charge is 0.507 e.